The van der Waals surface area contributed by atoms with Gasteiger partial charge in [0.05, 0.1) is 0 Å². The smallest absolute Gasteiger partial charge is 0.127 e. The van der Waals surface area contributed by atoms with Crippen LogP contribution >= 0.6 is 34.2 Å². The minimum atomic E-state index is -0.119. The second-order valence-electron chi connectivity index (χ2n) is 2.53. The van der Waals surface area contributed by atoms with E-state index in [-0.39, 0.29) is 5.82 Å². The Balaban J connectivity index is 2.72. The Bertz CT molecular complexity index is 263. The first-order valence-corrected chi connectivity index (χ1v) is 5.35. The highest BCUT2D eigenvalue weighted by Gasteiger charge is 2.01. The average Bonchev–Trinajstić information content (AvgIpc) is 2.03. The Hall–Kier alpha value is 0.170. The van der Waals surface area contributed by atoms with Crippen molar-refractivity contribution in [1.82, 2.24) is 0 Å². The second-order valence-corrected chi connectivity index (χ2v) is 4.15. The number of alkyl halides is 1. The van der Waals surface area contributed by atoms with E-state index in [0.717, 1.165) is 22.0 Å². The fourth-order valence-electron chi connectivity index (χ4n) is 0.982. The summed E-state index contributed by atoms with van der Waals surface area (Å²) in [6, 6.07) is 5.28. The molecule has 0 aliphatic carbocycles. The summed E-state index contributed by atoms with van der Waals surface area (Å²) in [6.45, 7) is 0. The van der Waals surface area contributed by atoms with E-state index in [1.807, 2.05) is 12.1 Å². The number of rotatable bonds is 3. The van der Waals surface area contributed by atoms with Crippen molar-refractivity contribution >= 4 is 34.2 Å². The minimum absolute atomic E-state index is 0.119. The van der Waals surface area contributed by atoms with Gasteiger partial charge in [0.25, 0.3) is 0 Å². The Kier molecular flexibility index (Phi) is 4.29. The number of aryl methyl sites for hydroxylation is 1. The van der Waals surface area contributed by atoms with Crippen molar-refractivity contribution in [3.05, 3.63) is 33.1 Å². The molecule has 0 N–H and O–H groups in total. The molecule has 0 aromatic heterocycles. The molecule has 0 aliphatic rings. The Morgan fingerprint density at radius 1 is 1.42 bits per heavy atom. The van der Waals surface area contributed by atoms with Gasteiger partial charge in [-0.15, -0.1) is 11.6 Å². The maximum Gasteiger partial charge on any atom is 0.127 e. The van der Waals surface area contributed by atoms with Gasteiger partial charge >= 0.3 is 0 Å². The van der Waals surface area contributed by atoms with Crippen molar-refractivity contribution in [1.29, 1.82) is 0 Å². The molecule has 0 fully saturated rings. The molecule has 0 radical (unpaired) electrons. The molecule has 3 heteroatoms. The standard InChI is InChI=1S/C9H9ClFI/c10-5-1-2-7-3-4-8(12)6-9(7)11/h3-4,6H,1-2,5H2. The monoisotopic (exact) mass is 298 g/mol. The lowest BCUT2D eigenvalue weighted by molar-refractivity contribution is 0.606. The first-order valence-electron chi connectivity index (χ1n) is 3.74. The van der Waals surface area contributed by atoms with Crippen molar-refractivity contribution in [3.8, 4) is 0 Å². The van der Waals surface area contributed by atoms with E-state index in [4.69, 9.17) is 11.6 Å². The average molecular weight is 299 g/mol. The van der Waals surface area contributed by atoms with Crippen LogP contribution in [0.2, 0.25) is 0 Å². The third-order valence-corrected chi connectivity index (χ3v) is 2.53. The van der Waals surface area contributed by atoms with Gasteiger partial charge in [-0.3, -0.25) is 0 Å². The van der Waals surface area contributed by atoms with Crippen LogP contribution in [0.3, 0.4) is 0 Å². The highest BCUT2D eigenvalue weighted by Crippen LogP contribution is 2.13. The van der Waals surface area contributed by atoms with Crippen molar-refractivity contribution in [3.63, 3.8) is 0 Å². The second kappa shape index (κ2) is 5.02. The largest absolute Gasteiger partial charge is 0.207 e. The maximum atomic E-state index is 13.1. The Morgan fingerprint density at radius 2 is 2.17 bits per heavy atom. The molecule has 0 bridgehead atoms. The van der Waals surface area contributed by atoms with Crippen LogP contribution in [-0.2, 0) is 6.42 Å². The van der Waals surface area contributed by atoms with Gasteiger partial charge in [0.1, 0.15) is 5.82 Å². The molecule has 0 spiro atoms. The lowest BCUT2D eigenvalue weighted by atomic mass is 10.1. The van der Waals surface area contributed by atoms with E-state index in [2.05, 4.69) is 22.6 Å². The van der Waals surface area contributed by atoms with Crippen LogP contribution in [0.15, 0.2) is 18.2 Å². The number of halogens is 3. The van der Waals surface area contributed by atoms with Crippen LogP contribution in [0.5, 0.6) is 0 Å². The summed E-state index contributed by atoms with van der Waals surface area (Å²) in [5, 5.41) is 0. The molecule has 1 aromatic carbocycles. The summed E-state index contributed by atoms with van der Waals surface area (Å²) in [4.78, 5) is 0. The molecule has 1 aromatic rings. The third-order valence-electron chi connectivity index (χ3n) is 1.59. The van der Waals surface area contributed by atoms with E-state index in [1.165, 1.54) is 0 Å². The molecule has 1 rings (SSSR count). The summed E-state index contributed by atoms with van der Waals surface area (Å²) >= 11 is 7.60. The molecular weight excluding hydrogens is 289 g/mol. The highest BCUT2D eigenvalue weighted by molar-refractivity contribution is 14.1. The van der Waals surface area contributed by atoms with E-state index in [1.54, 1.807) is 6.07 Å². The van der Waals surface area contributed by atoms with Gasteiger partial charge in [0, 0.05) is 9.45 Å². The lowest BCUT2D eigenvalue weighted by Gasteiger charge is -2.01. The van der Waals surface area contributed by atoms with Gasteiger partial charge in [-0.1, -0.05) is 6.07 Å². The quantitative estimate of drug-likeness (QED) is 0.591. The molecule has 0 nitrogen and oxygen atoms in total. The fourth-order valence-corrected chi connectivity index (χ4v) is 1.57. The summed E-state index contributed by atoms with van der Waals surface area (Å²) in [5.41, 5.74) is 0.760. The molecule has 0 amide bonds. The predicted octanol–water partition coefficient (Wildman–Crippen LogP) is 3.60. The van der Waals surface area contributed by atoms with Gasteiger partial charge in [-0.05, 0) is 53.1 Å². The topological polar surface area (TPSA) is 0 Å². The summed E-state index contributed by atoms with van der Waals surface area (Å²) < 4.78 is 14.1. The molecule has 0 saturated carbocycles. The zero-order valence-electron chi connectivity index (χ0n) is 6.49. The van der Waals surface area contributed by atoms with Gasteiger partial charge in [0.2, 0.25) is 0 Å². The first kappa shape index (κ1) is 10.3. The Labute approximate surface area is 90.3 Å². The van der Waals surface area contributed by atoms with Crippen molar-refractivity contribution in [2.24, 2.45) is 0 Å². The van der Waals surface area contributed by atoms with E-state index < -0.39 is 0 Å². The SMILES string of the molecule is Fc1cc(I)ccc1CCCCl. The molecule has 66 valence electrons. The van der Waals surface area contributed by atoms with Crippen LogP contribution in [-0.4, -0.2) is 5.88 Å². The van der Waals surface area contributed by atoms with Crippen molar-refractivity contribution in [2.75, 3.05) is 5.88 Å². The van der Waals surface area contributed by atoms with Crippen molar-refractivity contribution < 1.29 is 4.39 Å². The van der Waals surface area contributed by atoms with Gasteiger partial charge in [-0.25, -0.2) is 4.39 Å². The molecule has 0 unspecified atom stereocenters. The van der Waals surface area contributed by atoms with Gasteiger partial charge < -0.3 is 0 Å². The lowest BCUT2D eigenvalue weighted by Crippen LogP contribution is -1.91. The molecular formula is C9H9ClFI. The number of hydrogen-bond donors (Lipinski definition) is 0. The van der Waals surface area contributed by atoms with Crippen LogP contribution in [0.4, 0.5) is 4.39 Å². The molecule has 0 atom stereocenters. The zero-order valence-corrected chi connectivity index (χ0v) is 9.40. The third kappa shape index (κ3) is 2.90. The minimum Gasteiger partial charge on any atom is -0.207 e. The molecule has 0 saturated heterocycles. The van der Waals surface area contributed by atoms with E-state index in [0.29, 0.717) is 5.88 Å². The van der Waals surface area contributed by atoms with Gasteiger partial charge in [-0.2, -0.15) is 0 Å². The molecule has 0 aliphatic heterocycles. The summed E-state index contributed by atoms with van der Waals surface area (Å²) in [6.07, 6.45) is 1.56. The van der Waals surface area contributed by atoms with Crippen LogP contribution in [0.25, 0.3) is 0 Å². The highest BCUT2D eigenvalue weighted by atomic mass is 127. The van der Waals surface area contributed by atoms with Gasteiger partial charge in [0.15, 0.2) is 0 Å². The van der Waals surface area contributed by atoms with Crippen molar-refractivity contribution in [2.45, 2.75) is 12.8 Å². The fraction of sp³-hybridized carbons (Fsp3) is 0.333. The van der Waals surface area contributed by atoms with Crippen LogP contribution < -0.4 is 0 Å². The Morgan fingerprint density at radius 3 is 2.75 bits per heavy atom. The zero-order chi connectivity index (χ0) is 8.97. The maximum absolute atomic E-state index is 13.1. The molecule has 12 heavy (non-hydrogen) atoms. The number of hydrogen-bond acceptors (Lipinski definition) is 0. The number of benzene rings is 1. The summed E-state index contributed by atoms with van der Waals surface area (Å²) in [7, 11) is 0. The predicted molar refractivity (Wildman–Crippen MR) is 58.2 cm³/mol. The van der Waals surface area contributed by atoms with Crippen LogP contribution in [0.1, 0.15) is 12.0 Å². The first-order chi connectivity index (χ1) is 5.74. The molecule has 0 heterocycles. The van der Waals surface area contributed by atoms with E-state index in [9.17, 15) is 4.39 Å². The summed E-state index contributed by atoms with van der Waals surface area (Å²) in [5.74, 6) is 0.470. The van der Waals surface area contributed by atoms with Crippen LogP contribution in [0, 0.1) is 9.39 Å². The normalized spacial score (nSPS) is 10.2. The van der Waals surface area contributed by atoms with E-state index >= 15 is 0 Å².